The van der Waals surface area contributed by atoms with E-state index in [1.807, 2.05) is 19.1 Å². The molecule has 0 aromatic heterocycles. The molecule has 1 aromatic rings. The molecule has 0 spiro atoms. The molecule has 78 valence electrons. The Morgan fingerprint density at radius 1 is 1.43 bits per heavy atom. The van der Waals surface area contributed by atoms with Crippen molar-refractivity contribution in [2.75, 3.05) is 5.75 Å². The topological polar surface area (TPSA) is 26.0 Å². The van der Waals surface area contributed by atoms with Crippen LogP contribution in [0.3, 0.4) is 0 Å². The van der Waals surface area contributed by atoms with Gasteiger partial charge in [0.25, 0.3) is 0 Å². The van der Waals surface area contributed by atoms with Crippen LogP contribution < -0.4 is 5.73 Å². The third-order valence-electron chi connectivity index (χ3n) is 1.65. The standard InChI is InChI=1S/C10H13Cl2NS/c1-7(13)5-14-6-8-4-9(11)2-3-10(8)12/h2-4,7H,5-6,13H2,1H3. The quantitative estimate of drug-likeness (QED) is 0.883. The van der Waals surface area contributed by atoms with Crippen LogP contribution in [-0.4, -0.2) is 11.8 Å². The van der Waals surface area contributed by atoms with Gasteiger partial charge in [-0.1, -0.05) is 23.2 Å². The van der Waals surface area contributed by atoms with Crippen molar-refractivity contribution in [2.45, 2.75) is 18.7 Å². The molecular formula is C10H13Cl2NS. The van der Waals surface area contributed by atoms with Crippen molar-refractivity contribution in [1.82, 2.24) is 0 Å². The highest BCUT2D eigenvalue weighted by atomic mass is 35.5. The molecule has 0 amide bonds. The highest BCUT2D eigenvalue weighted by molar-refractivity contribution is 7.98. The monoisotopic (exact) mass is 249 g/mol. The first-order valence-corrected chi connectivity index (χ1v) is 6.28. The summed E-state index contributed by atoms with van der Waals surface area (Å²) in [6, 6.07) is 5.74. The van der Waals surface area contributed by atoms with E-state index in [1.165, 1.54) is 0 Å². The highest BCUT2D eigenvalue weighted by Gasteiger charge is 2.02. The van der Waals surface area contributed by atoms with Crippen LogP contribution in [0.15, 0.2) is 18.2 Å². The molecule has 1 atom stereocenters. The van der Waals surface area contributed by atoms with Gasteiger partial charge in [0, 0.05) is 27.6 Å². The molecule has 2 N–H and O–H groups in total. The Labute approximate surface area is 99.0 Å². The molecule has 0 aliphatic rings. The lowest BCUT2D eigenvalue weighted by atomic mass is 10.2. The van der Waals surface area contributed by atoms with Gasteiger partial charge in [-0.15, -0.1) is 0 Å². The van der Waals surface area contributed by atoms with Crippen LogP contribution >= 0.6 is 35.0 Å². The van der Waals surface area contributed by atoms with Crippen LogP contribution in [0.2, 0.25) is 10.0 Å². The van der Waals surface area contributed by atoms with Gasteiger partial charge in [0.2, 0.25) is 0 Å². The second-order valence-electron chi connectivity index (χ2n) is 3.23. The summed E-state index contributed by atoms with van der Waals surface area (Å²) in [5.41, 5.74) is 6.72. The van der Waals surface area contributed by atoms with Crippen LogP contribution in [-0.2, 0) is 5.75 Å². The van der Waals surface area contributed by atoms with Gasteiger partial charge < -0.3 is 5.73 Å². The largest absolute Gasteiger partial charge is 0.327 e. The summed E-state index contributed by atoms with van der Waals surface area (Å²) < 4.78 is 0. The summed E-state index contributed by atoms with van der Waals surface area (Å²) in [5.74, 6) is 1.80. The fraction of sp³-hybridized carbons (Fsp3) is 0.400. The van der Waals surface area contributed by atoms with Crippen molar-refractivity contribution in [1.29, 1.82) is 0 Å². The summed E-state index contributed by atoms with van der Waals surface area (Å²) in [6.07, 6.45) is 0. The van der Waals surface area contributed by atoms with Crippen molar-refractivity contribution in [2.24, 2.45) is 5.73 Å². The molecule has 0 fully saturated rings. The summed E-state index contributed by atoms with van der Waals surface area (Å²) in [5, 5.41) is 1.50. The first-order valence-electron chi connectivity index (χ1n) is 4.37. The van der Waals surface area contributed by atoms with Gasteiger partial charge in [0.05, 0.1) is 0 Å². The number of nitrogens with two attached hydrogens (primary N) is 1. The molecule has 0 aliphatic carbocycles. The van der Waals surface area contributed by atoms with Gasteiger partial charge in [-0.05, 0) is 30.7 Å². The van der Waals surface area contributed by atoms with Crippen molar-refractivity contribution in [3.63, 3.8) is 0 Å². The van der Waals surface area contributed by atoms with E-state index in [9.17, 15) is 0 Å². The molecule has 1 nitrogen and oxygen atoms in total. The molecule has 0 saturated heterocycles. The van der Waals surface area contributed by atoms with Gasteiger partial charge in [-0.2, -0.15) is 11.8 Å². The SMILES string of the molecule is CC(N)CSCc1cc(Cl)ccc1Cl. The summed E-state index contributed by atoms with van der Waals surface area (Å²) in [6.45, 7) is 1.99. The molecular weight excluding hydrogens is 237 g/mol. The molecule has 0 saturated carbocycles. The highest BCUT2D eigenvalue weighted by Crippen LogP contribution is 2.24. The first-order chi connectivity index (χ1) is 6.59. The van der Waals surface area contributed by atoms with E-state index < -0.39 is 0 Å². The Kier molecular flexibility index (Phi) is 5.10. The summed E-state index contributed by atoms with van der Waals surface area (Å²) in [4.78, 5) is 0. The fourth-order valence-corrected chi connectivity index (χ4v) is 2.42. The molecule has 4 heteroatoms. The average Bonchev–Trinajstić information content (AvgIpc) is 2.10. The lowest BCUT2D eigenvalue weighted by molar-refractivity contribution is 0.847. The second kappa shape index (κ2) is 5.86. The molecule has 0 aliphatic heterocycles. The van der Waals surface area contributed by atoms with Crippen molar-refractivity contribution in [3.05, 3.63) is 33.8 Å². The van der Waals surface area contributed by atoms with Crippen molar-refractivity contribution >= 4 is 35.0 Å². The Bertz CT molecular complexity index is 302. The zero-order valence-electron chi connectivity index (χ0n) is 7.97. The number of halogens is 2. The number of thioether (sulfide) groups is 1. The third kappa shape index (κ3) is 4.09. The zero-order chi connectivity index (χ0) is 10.6. The minimum atomic E-state index is 0.220. The normalized spacial score (nSPS) is 12.9. The molecule has 1 rings (SSSR count). The second-order valence-corrected chi connectivity index (χ2v) is 5.10. The number of benzene rings is 1. The predicted molar refractivity (Wildman–Crippen MR) is 66.3 cm³/mol. The fourth-order valence-electron chi connectivity index (χ4n) is 1.01. The Hall–Kier alpha value is 0.110. The van der Waals surface area contributed by atoms with Crippen LogP contribution in [0.25, 0.3) is 0 Å². The Morgan fingerprint density at radius 2 is 2.14 bits per heavy atom. The maximum absolute atomic E-state index is 6.01. The number of hydrogen-bond acceptors (Lipinski definition) is 2. The smallest absolute Gasteiger partial charge is 0.0447 e. The average molecular weight is 250 g/mol. The van der Waals surface area contributed by atoms with Crippen molar-refractivity contribution in [3.8, 4) is 0 Å². The lowest BCUT2D eigenvalue weighted by Gasteiger charge is -2.06. The van der Waals surface area contributed by atoms with Crippen LogP contribution in [0.1, 0.15) is 12.5 Å². The van der Waals surface area contributed by atoms with E-state index >= 15 is 0 Å². The summed E-state index contributed by atoms with van der Waals surface area (Å²) in [7, 11) is 0. The van der Waals surface area contributed by atoms with Gasteiger partial charge in [0.1, 0.15) is 0 Å². The maximum Gasteiger partial charge on any atom is 0.0447 e. The molecule has 1 aromatic carbocycles. The molecule has 0 radical (unpaired) electrons. The molecule has 0 heterocycles. The van der Waals surface area contributed by atoms with Gasteiger partial charge >= 0.3 is 0 Å². The minimum absolute atomic E-state index is 0.220. The van der Waals surface area contributed by atoms with Crippen LogP contribution in [0.5, 0.6) is 0 Å². The number of rotatable bonds is 4. The molecule has 0 bridgehead atoms. The lowest BCUT2D eigenvalue weighted by Crippen LogP contribution is -2.17. The zero-order valence-corrected chi connectivity index (χ0v) is 10.3. The Morgan fingerprint density at radius 3 is 2.79 bits per heavy atom. The first kappa shape index (κ1) is 12.2. The molecule has 14 heavy (non-hydrogen) atoms. The summed E-state index contributed by atoms with van der Waals surface area (Å²) >= 11 is 13.6. The van der Waals surface area contributed by atoms with Crippen LogP contribution in [0.4, 0.5) is 0 Å². The van der Waals surface area contributed by atoms with Crippen LogP contribution in [0, 0.1) is 0 Å². The van der Waals surface area contributed by atoms with Gasteiger partial charge in [0.15, 0.2) is 0 Å². The van der Waals surface area contributed by atoms with E-state index in [1.54, 1.807) is 17.8 Å². The van der Waals surface area contributed by atoms with E-state index in [-0.39, 0.29) is 6.04 Å². The minimum Gasteiger partial charge on any atom is -0.327 e. The van der Waals surface area contributed by atoms with Gasteiger partial charge in [-0.25, -0.2) is 0 Å². The number of hydrogen-bond donors (Lipinski definition) is 1. The van der Waals surface area contributed by atoms with Crippen molar-refractivity contribution < 1.29 is 0 Å². The maximum atomic E-state index is 6.01. The van der Waals surface area contributed by atoms with E-state index in [0.29, 0.717) is 0 Å². The predicted octanol–water partition coefficient (Wildman–Crippen LogP) is 3.57. The third-order valence-corrected chi connectivity index (χ3v) is 3.53. The van der Waals surface area contributed by atoms with E-state index in [0.717, 1.165) is 27.1 Å². The molecule has 1 unspecified atom stereocenters. The van der Waals surface area contributed by atoms with Gasteiger partial charge in [-0.3, -0.25) is 0 Å². The van der Waals surface area contributed by atoms with E-state index in [2.05, 4.69) is 0 Å². The Balaban J connectivity index is 2.53. The van der Waals surface area contributed by atoms with E-state index in [4.69, 9.17) is 28.9 Å².